The van der Waals surface area contributed by atoms with Gasteiger partial charge in [-0.2, -0.15) is 14.0 Å². The molecule has 0 bridgehead atoms. The molecule has 0 spiro atoms. The van der Waals surface area contributed by atoms with Gasteiger partial charge >= 0.3 is 12.6 Å². The number of carbonyl (C=O) groups excluding carboxylic acids is 1. The summed E-state index contributed by atoms with van der Waals surface area (Å²) in [6.07, 6.45) is 0. The van der Waals surface area contributed by atoms with Gasteiger partial charge in [0.25, 0.3) is 0 Å². The molecule has 1 aromatic rings. The van der Waals surface area contributed by atoms with Gasteiger partial charge in [-0.1, -0.05) is 0 Å². The summed E-state index contributed by atoms with van der Waals surface area (Å²) in [6.45, 7) is -1.26. The molecule has 0 heterocycles. The van der Waals surface area contributed by atoms with Crippen LogP contribution in [0.4, 0.5) is 8.78 Å². The fourth-order valence-electron chi connectivity index (χ4n) is 1.20. The van der Waals surface area contributed by atoms with Crippen LogP contribution < -0.4 is 4.74 Å². The molecule has 0 radical (unpaired) electrons. The first-order valence-corrected chi connectivity index (χ1v) is 5.93. The Morgan fingerprint density at radius 2 is 2.22 bits per heavy atom. The highest BCUT2D eigenvalue weighted by Gasteiger charge is 2.19. The Kier molecular flexibility index (Phi) is 5.27. The average molecular weight is 367 g/mol. The zero-order valence-electron chi connectivity index (χ0n) is 9.25. The number of nitrogens with zero attached hydrogens (tertiary/aromatic N) is 1. The molecule has 0 saturated heterocycles. The number of nitriles is 1. The largest absolute Gasteiger partial charge is 0.462 e. The van der Waals surface area contributed by atoms with E-state index in [0.717, 1.165) is 6.07 Å². The first kappa shape index (κ1) is 14.6. The predicted molar refractivity (Wildman–Crippen MR) is 66.5 cm³/mol. The van der Waals surface area contributed by atoms with E-state index in [4.69, 9.17) is 10.00 Å². The van der Waals surface area contributed by atoms with E-state index in [1.54, 1.807) is 35.6 Å². The fraction of sp³-hybridized carbons (Fsp3) is 0.273. The molecular weight excluding hydrogens is 359 g/mol. The van der Waals surface area contributed by atoms with E-state index in [-0.39, 0.29) is 27.1 Å². The van der Waals surface area contributed by atoms with Crippen molar-refractivity contribution in [1.29, 1.82) is 5.26 Å². The Bertz CT molecular complexity index is 500. The van der Waals surface area contributed by atoms with Crippen LogP contribution in [0.15, 0.2) is 12.1 Å². The summed E-state index contributed by atoms with van der Waals surface area (Å²) in [5.41, 5.74) is 0.0845. The summed E-state index contributed by atoms with van der Waals surface area (Å²) in [6, 6.07) is 4.19. The third-order valence-corrected chi connectivity index (χ3v) is 2.99. The van der Waals surface area contributed by atoms with Crippen LogP contribution >= 0.6 is 22.6 Å². The van der Waals surface area contributed by atoms with E-state index in [0.29, 0.717) is 0 Å². The Balaban J connectivity index is 3.25. The molecule has 0 atom stereocenters. The predicted octanol–water partition coefficient (Wildman–Crippen LogP) is 2.94. The average Bonchev–Trinajstić information content (AvgIpc) is 2.31. The molecule has 0 aliphatic carbocycles. The van der Waals surface area contributed by atoms with Gasteiger partial charge in [-0.3, -0.25) is 0 Å². The summed E-state index contributed by atoms with van der Waals surface area (Å²) >= 11 is 1.69. The maximum Gasteiger partial charge on any atom is 0.387 e. The van der Waals surface area contributed by atoms with Gasteiger partial charge in [0.2, 0.25) is 0 Å². The molecule has 7 heteroatoms. The highest BCUT2D eigenvalue weighted by atomic mass is 127. The topological polar surface area (TPSA) is 59.3 Å². The lowest BCUT2D eigenvalue weighted by atomic mass is 10.1. The molecule has 1 rings (SSSR count). The highest BCUT2D eigenvalue weighted by Crippen LogP contribution is 2.28. The molecule has 0 saturated carbocycles. The number of carbonyl (C=O) groups is 1. The molecule has 0 N–H and O–H groups in total. The normalized spacial score (nSPS) is 10.0. The van der Waals surface area contributed by atoms with Crippen LogP contribution in [-0.4, -0.2) is 19.2 Å². The number of hydrogen-bond donors (Lipinski definition) is 0. The molecule has 1 aromatic carbocycles. The van der Waals surface area contributed by atoms with E-state index in [1.807, 2.05) is 0 Å². The van der Waals surface area contributed by atoms with Gasteiger partial charge in [-0.25, -0.2) is 4.79 Å². The smallest absolute Gasteiger partial charge is 0.387 e. The molecule has 96 valence electrons. The number of halogens is 3. The zero-order valence-corrected chi connectivity index (χ0v) is 11.4. The summed E-state index contributed by atoms with van der Waals surface area (Å²) in [7, 11) is 0. The van der Waals surface area contributed by atoms with Crippen molar-refractivity contribution in [3.63, 3.8) is 0 Å². The molecule has 0 unspecified atom stereocenters. The molecule has 0 aliphatic rings. The van der Waals surface area contributed by atoms with Crippen LogP contribution in [0.1, 0.15) is 22.8 Å². The van der Waals surface area contributed by atoms with Gasteiger partial charge in [-0.15, -0.1) is 0 Å². The Morgan fingerprint density at radius 3 is 2.72 bits per heavy atom. The van der Waals surface area contributed by atoms with Crippen molar-refractivity contribution >= 4 is 28.6 Å². The molecule has 0 amide bonds. The van der Waals surface area contributed by atoms with Crippen LogP contribution in [0.3, 0.4) is 0 Å². The molecule has 0 aromatic heterocycles. The Hall–Kier alpha value is -1.43. The number of esters is 1. The Morgan fingerprint density at radius 1 is 1.56 bits per heavy atom. The van der Waals surface area contributed by atoms with Crippen molar-refractivity contribution in [2.24, 2.45) is 0 Å². The van der Waals surface area contributed by atoms with E-state index in [9.17, 15) is 13.6 Å². The highest BCUT2D eigenvalue weighted by molar-refractivity contribution is 14.1. The van der Waals surface area contributed by atoms with Crippen LogP contribution in [0, 0.1) is 14.9 Å². The number of hydrogen-bond acceptors (Lipinski definition) is 4. The minimum absolute atomic E-state index is 0.0344. The Labute approximate surface area is 116 Å². The number of alkyl halides is 2. The quantitative estimate of drug-likeness (QED) is 0.607. The van der Waals surface area contributed by atoms with E-state index in [2.05, 4.69) is 4.74 Å². The lowest BCUT2D eigenvalue weighted by Crippen LogP contribution is -2.10. The lowest BCUT2D eigenvalue weighted by molar-refractivity contribution is -0.0505. The molecule has 4 nitrogen and oxygen atoms in total. The summed E-state index contributed by atoms with van der Waals surface area (Å²) in [5.74, 6) is -0.897. The van der Waals surface area contributed by atoms with Gasteiger partial charge in [0, 0.05) is 0 Å². The SMILES string of the molecule is CCOC(=O)c1cc(C#N)cc(OC(F)F)c1I. The van der Waals surface area contributed by atoms with Crippen LogP contribution in [-0.2, 0) is 4.74 Å². The van der Waals surface area contributed by atoms with Crippen LogP contribution in [0.2, 0.25) is 0 Å². The third kappa shape index (κ3) is 3.53. The second kappa shape index (κ2) is 6.49. The first-order chi connectivity index (χ1) is 8.49. The van der Waals surface area contributed by atoms with Crippen molar-refractivity contribution in [3.05, 3.63) is 26.8 Å². The third-order valence-electron chi connectivity index (χ3n) is 1.88. The standard InChI is InChI=1S/C11H8F2INO3/c1-2-17-10(16)7-3-6(5-15)4-8(9(7)14)18-11(12)13/h3-4,11H,2H2,1H3. The summed E-state index contributed by atoms with van der Waals surface area (Å²) in [5, 5.41) is 8.78. The van der Waals surface area contributed by atoms with Crippen LogP contribution in [0.25, 0.3) is 0 Å². The molecule has 0 aliphatic heterocycles. The number of rotatable bonds is 4. The number of ether oxygens (including phenoxy) is 2. The van der Waals surface area contributed by atoms with Crippen LogP contribution in [0.5, 0.6) is 5.75 Å². The molecule has 0 fully saturated rings. The van der Waals surface area contributed by atoms with Gasteiger partial charge in [0.1, 0.15) is 5.75 Å². The van der Waals surface area contributed by atoms with Gasteiger partial charge in [0.05, 0.1) is 27.4 Å². The minimum Gasteiger partial charge on any atom is -0.462 e. The lowest BCUT2D eigenvalue weighted by Gasteiger charge is -2.11. The van der Waals surface area contributed by atoms with E-state index in [1.165, 1.54) is 6.07 Å². The minimum atomic E-state index is -3.03. The fourth-order valence-corrected chi connectivity index (χ4v) is 1.86. The first-order valence-electron chi connectivity index (χ1n) is 4.85. The second-order valence-corrected chi connectivity index (χ2v) is 4.13. The summed E-state index contributed by atoms with van der Waals surface area (Å²) in [4.78, 5) is 11.6. The van der Waals surface area contributed by atoms with Gasteiger partial charge in [0.15, 0.2) is 0 Å². The van der Waals surface area contributed by atoms with E-state index < -0.39 is 12.6 Å². The monoisotopic (exact) mass is 367 g/mol. The maximum atomic E-state index is 12.2. The maximum absolute atomic E-state index is 12.2. The van der Waals surface area contributed by atoms with Crippen molar-refractivity contribution in [3.8, 4) is 11.8 Å². The van der Waals surface area contributed by atoms with Crippen molar-refractivity contribution in [1.82, 2.24) is 0 Å². The molecular formula is C11H8F2INO3. The number of benzene rings is 1. The molecule has 18 heavy (non-hydrogen) atoms. The zero-order chi connectivity index (χ0) is 13.7. The van der Waals surface area contributed by atoms with Crippen molar-refractivity contribution in [2.75, 3.05) is 6.61 Å². The van der Waals surface area contributed by atoms with Crippen molar-refractivity contribution in [2.45, 2.75) is 13.5 Å². The van der Waals surface area contributed by atoms with Gasteiger partial charge in [-0.05, 0) is 41.6 Å². The van der Waals surface area contributed by atoms with E-state index >= 15 is 0 Å². The second-order valence-electron chi connectivity index (χ2n) is 3.05. The summed E-state index contributed by atoms with van der Waals surface area (Å²) < 4.78 is 33.6. The van der Waals surface area contributed by atoms with Crippen molar-refractivity contribution < 1.29 is 23.0 Å². The van der Waals surface area contributed by atoms with Gasteiger partial charge < -0.3 is 9.47 Å².